The summed E-state index contributed by atoms with van der Waals surface area (Å²) in [6, 6.07) is 7.57. The fourth-order valence-electron chi connectivity index (χ4n) is 4.12. The van der Waals surface area contributed by atoms with E-state index in [0.29, 0.717) is 22.8 Å². The quantitative estimate of drug-likeness (QED) is 0.403. The number of rotatable bonds is 6. The number of halogens is 4. The predicted octanol–water partition coefficient (Wildman–Crippen LogP) is 5.45. The fourth-order valence-corrected chi connectivity index (χ4v) is 5.45. The second kappa shape index (κ2) is 8.99. The van der Waals surface area contributed by atoms with Crippen LogP contribution < -0.4 is 10.6 Å². The highest BCUT2D eigenvalue weighted by Gasteiger charge is 2.38. The standard InChI is InChI=1S/C21H23ClF3N5OS/c1-10-11(2)14(7-12(10)8-31)27-18-16(19-28-13-5-3-4-6-15(13)32-19)17(22)29-20(30-18)26-9-21(23,24)25/h3-6,10-12,14,31H,7-9H2,1-2H3,(H2,26,27,29,30)/t10-,11+,12+,14+/m0/s1. The van der Waals surface area contributed by atoms with Gasteiger partial charge in [-0.15, -0.1) is 11.3 Å². The number of nitrogens with zero attached hydrogens (tertiary/aromatic N) is 3. The Kier molecular flexibility index (Phi) is 6.46. The number of alkyl halides is 3. The minimum atomic E-state index is -4.42. The average molecular weight is 486 g/mol. The van der Waals surface area contributed by atoms with E-state index in [9.17, 15) is 18.3 Å². The molecule has 3 aromatic rings. The van der Waals surface area contributed by atoms with Crippen LogP contribution in [0.3, 0.4) is 0 Å². The Morgan fingerprint density at radius 3 is 2.56 bits per heavy atom. The average Bonchev–Trinajstić information content (AvgIpc) is 3.27. The molecule has 11 heteroatoms. The lowest BCUT2D eigenvalue weighted by Crippen LogP contribution is -2.26. The summed E-state index contributed by atoms with van der Waals surface area (Å²) in [5, 5.41) is 15.9. The van der Waals surface area contributed by atoms with Gasteiger partial charge in [0.25, 0.3) is 0 Å². The van der Waals surface area contributed by atoms with Crippen molar-refractivity contribution in [3.63, 3.8) is 0 Å². The molecular formula is C21H23ClF3N5OS. The molecule has 0 aliphatic heterocycles. The number of para-hydroxylation sites is 1. The van der Waals surface area contributed by atoms with E-state index in [1.54, 1.807) is 0 Å². The van der Waals surface area contributed by atoms with Gasteiger partial charge in [0.1, 0.15) is 22.5 Å². The summed E-state index contributed by atoms with van der Waals surface area (Å²) in [5.41, 5.74) is 1.25. The van der Waals surface area contributed by atoms with E-state index in [-0.39, 0.29) is 41.5 Å². The normalized spacial score (nSPS) is 23.6. The van der Waals surface area contributed by atoms with E-state index in [0.717, 1.165) is 10.2 Å². The van der Waals surface area contributed by atoms with Crippen molar-refractivity contribution in [2.45, 2.75) is 32.5 Å². The number of hydrogen-bond acceptors (Lipinski definition) is 7. The van der Waals surface area contributed by atoms with Crippen molar-refractivity contribution >= 4 is 44.9 Å². The number of fused-ring (bicyclic) bond motifs is 1. The number of thiazole rings is 1. The van der Waals surface area contributed by atoms with Crippen molar-refractivity contribution in [3.05, 3.63) is 29.4 Å². The predicted molar refractivity (Wildman–Crippen MR) is 121 cm³/mol. The summed E-state index contributed by atoms with van der Waals surface area (Å²) in [6.45, 7) is 2.98. The Balaban J connectivity index is 1.74. The molecule has 0 bridgehead atoms. The topological polar surface area (TPSA) is 83.0 Å². The highest BCUT2D eigenvalue weighted by molar-refractivity contribution is 7.21. The summed E-state index contributed by atoms with van der Waals surface area (Å²) in [5.74, 6) is 0.751. The fraction of sp³-hybridized carbons (Fsp3) is 0.476. The molecule has 32 heavy (non-hydrogen) atoms. The van der Waals surface area contributed by atoms with E-state index >= 15 is 0 Å². The van der Waals surface area contributed by atoms with Gasteiger partial charge in [-0.1, -0.05) is 37.6 Å². The molecule has 6 nitrogen and oxygen atoms in total. The Morgan fingerprint density at radius 1 is 1.16 bits per heavy atom. The summed E-state index contributed by atoms with van der Waals surface area (Å²) < 4.78 is 39.1. The van der Waals surface area contributed by atoms with Crippen molar-refractivity contribution in [2.75, 3.05) is 23.8 Å². The van der Waals surface area contributed by atoms with Crippen LogP contribution in [0.5, 0.6) is 0 Å². The molecule has 1 aliphatic rings. The van der Waals surface area contributed by atoms with Gasteiger partial charge in [-0.05, 0) is 36.3 Å². The monoisotopic (exact) mass is 485 g/mol. The maximum atomic E-state index is 12.7. The lowest BCUT2D eigenvalue weighted by molar-refractivity contribution is -0.115. The third-order valence-corrected chi connectivity index (χ3v) is 7.47. The van der Waals surface area contributed by atoms with E-state index in [1.807, 2.05) is 24.3 Å². The number of aliphatic hydroxyl groups is 1. The molecule has 0 amide bonds. The maximum absolute atomic E-state index is 12.7. The molecule has 2 aromatic heterocycles. The molecule has 1 aromatic carbocycles. The van der Waals surface area contributed by atoms with Crippen LogP contribution in [0.4, 0.5) is 24.9 Å². The number of aliphatic hydroxyl groups excluding tert-OH is 1. The van der Waals surface area contributed by atoms with Gasteiger partial charge in [-0.3, -0.25) is 0 Å². The first-order chi connectivity index (χ1) is 15.2. The van der Waals surface area contributed by atoms with Crippen molar-refractivity contribution in [2.24, 2.45) is 17.8 Å². The number of hydrogen-bond donors (Lipinski definition) is 3. The maximum Gasteiger partial charge on any atom is 0.405 e. The first kappa shape index (κ1) is 23.0. The zero-order valence-electron chi connectivity index (χ0n) is 17.4. The molecule has 0 spiro atoms. The molecule has 0 saturated heterocycles. The van der Waals surface area contributed by atoms with Crippen LogP contribution in [-0.2, 0) is 0 Å². The van der Waals surface area contributed by atoms with Gasteiger partial charge in [-0.25, -0.2) is 9.97 Å². The zero-order chi connectivity index (χ0) is 23.0. The van der Waals surface area contributed by atoms with Crippen molar-refractivity contribution in [1.82, 2.24) is 15.0 Å². The molecule has 1 aliphatic carbocycles. The molecule has 3 N–H and O–H groups in total. The number of aromatic nitrogens is 3. The molecule has 1 fully saturated rings. The van der Waals surface area contributed by atoms with Crippen LogP contribution in [0.1, 0.15) is 20.3 Å². The lowest BCUT2D eigenvalue weighted by atomic mass is 9.92. The zero-order valence-corrected chi connectivity index (χ0v) is 19.0. The number of anilines is 2. The minimum Gasteiger partial charge on any atom is -0.396 e. The van der Waals surface area contributed by atoms with Crippen LogP contribution in [0, 0.1) is 17.8 Å². The van der Waals surface area contributed by atoms with Crippen LogP contribution in [0.15, 0.2) is 24.3 Å². The molecular weight excluding hydrogens is 463 g/mol. The minimum absolute atomic E-state index is 0.0173. The molecule has 2 heterocycles. The Hall–Kier alpha value is -2.17. The van der Waals surface area contributed by atoms with Gasteiger partial charge in [0, 0.05) is 12.6 Å². The van der Waals surface area contributed by atoms with E-state index in [4.69, 9.17) is 11.6 Å². The van der Waals surface area contributed by atoms with Gasteiger partial charge in [0.05, 0.1) is 15.8 Å². The third kappa shape index (κ3) is 4.77. The van der Waals surface area contributed by atoms with Gasteiger partial charge >= 0.3 is 6.18 Å². The van der Waals surface area contributed by atoms with Crippen molar-refractivity contribution in [1.29, 1.82) is 0 Å². The first-order valence-electron chi connectivity index (χ1n) is 10.3. The summed E-state index contributed by atoms with van der Waals surface area (Å²) >= 11 is 7.88. The lowest BCUT2D eigenvalue weighted by Gasteiger charge is -2.22. The van der Waals surface area contributed by atoms with Crippen LogP contribution in [-0.4, -0.2) is 45.4 Å². The van der Waals surface area contributed by atoms with Crippen LogP contribution in [0.25, 0.3) is 20.8 Å². The largest absolute Gasteiger partial charge is 0.405 e. The van der Waals surface area contributed by atoms with Crippen LogP contribution in [0.2, 0.25) is 5.15 Å². The molecule has 0 radical (unpaired) electrons. The second-order valence-corrected chi connectivity index (χ2v) is 9.55. The van der Waals surface area contributed by atoms with E-state index in [1.165, 1.54) is 11.3 Å². The van der Waals surface area contributed by atoms with Gasteiger partial charge in [0.15, 0.2) is 0 Å². The van der Waals surface area contributed by atoms with Gasteiger partial charge in [0.2, 0.25) is 5.95 Å². The first-order valence-corrected chi connectivity index (χ1v) is 11.5. The molecule has 0 unspecified atom stereocenters. The summed E-state index contributed by atoms with van der Waals surface area (Å²) in [7, 11) is 0. The van der Waals surface area contributed by atoms with Gasteiger partial charge in [-0.2, -0.15) is 18.2 Å². The van der Waals surface area contributed by atoms with E-state index in [2.05, 4.69) is 39.4 Å². The molecule has 4 atom stereocenters. The SMILES string of the molecule is C[C@@H]1[C@@H](CO)C[C@@H](Nc2nc(NCC(F)(F)F)nc(Cl)c2-c2nc3ccccc3s2)[C@@H]1C. The molecule has 172 valence electrons. The number of nitrogens with one attached hydrogen (secondary N) is 2. The molecule has 1 saturated carbocycles. The number of benzene rings is 1. The van der Waals surface area contributed by atoms with Crippen LogP contribution >= 0.6 is 22.9 Å². The summed E-state index contributed by atoms with van der Waals surface area (Å²) in [6.07, 6.45) is -3.70. The van der Waals surface area contributed by atoms with Crippen molar-refractivity contribution < 1.29 is 18.3 Å². The van der Waals surface area contributed by atoms with Gasteiger partial charge < -0.3 is 15.7 Å². The highest BCUT2D eigenvalue weighted by Crippen LogP contribution is 2.42. The van der Waals surface area contributed by atoms with Crippen molar-refractivity contribution in [3.8, 4) is 10.6 Å². The Bertz CT molecular complexity index is 1080. The molecule has 4 rings (SSSR count). The smallest absolute Gasteiger partial charge is 0.396 e. The Morgan fingerprint density at radius 2 is 1.91 bits per heavy atom. The van der Waals surface area contributed by atoms with E-state index < -0.39 is 12.7 Å². The third-order valence-electron chi connectivity index (χ3n) is 6.14. The second-order valence-electron chi connectivity index (χ2n) is 8.16. The Labute approximate surface area is 192 Å². The highest BCUT2D eigenvalue weighted by atomic mass is 35.5. The summed E-state index contributed by atoms with van der Waals surface area (Å²) in [4.78, 5) is 13.0.